The Morgan fingerprint density at radius 2 is 1.61 bits per heavy atom. The standard InChI is InChI=1S/C17H27N5O8S/c18-12(23)4-3-9(17(29)30)20-15(27)10(6-13(24)25)21-16(28)11(7-31)22-14(26)8-2-1-5-19-8/h8-11,19,31H,1-7H2,(H2,18,23)(H,20,27)(H,21,28)(H,22,26)(H,24,25)(H,29,30). The van der Waals surface area contributed by atoms with Crippen LogP contribution >= 0.6 is 12.6 Å². The van der Waals surface area contributed by atoms with Crippen LogP contribution in [0, 0.1) is 0 Å². The molecule has 1 aliphatic rings. The number of primary amides is 1. The van der Waals surface area contributed by atoms with E-state index < -0.39 is 66.2 Å². The summed E-state index contributed by atoms with van der Waals surface area (Å²) < 4.78 is 0. The number of carbonyl (C=O) groups is 6. The Kier molecular flexibility index (Phi) is 10.8. The lowest BCUT2D eigenvalue weighted by Gasteiger charge is -2.23. The summed E-state index contributed by atoms with van der Waals surface area (Å²) in [6.45, 7) is 0.664. The minimum absolute atomic E-state index is 0.123. The molecule has 0 aromatic heterocycles. The maximum absolute atomic E-state index is 12.5. The zero-order valence-electron chi connectivity index (χ0n) is 16.6. The highest BCUT2D eigenvalue weighted by molar-refractivity contribution is 7.80. The molecule has 4 atom stereocenters. The second kappa shape index (κ2) is 12.7. The van der Waals surface area contributed by atoms with E-state index in [1.54, 1.807) is 0 Å². The van der Waals surface area contributed by atoms with E-state index in [0.717, 1.165) is 6.42 Å². The molecule has 0 spiro atoms. The van der Waals surface area contributed by atoms with Gasteiger partial charge in [0.2, 0.25) is 23.6 Å². The first-order chi connectivity index (χ1) is 14.5. The van der Waals surface area contributed by atoms with Gasteiger partial charge in [-0.1, -0.05) is 0 Å². The monoisotopic (exact) mass is 461 g/mol. The zero-order chi connectivity index (χ0) is 23.6. The molecule has 13 nitrogen and oxygen atoms in total. The second-order valence-electron chi connectivity index (χ2n) is 6.96. The van der Waals surface area contributed by atoms with Crippen molar-refractivity contribution in [3.63, 3.8) is 0 Å². The Bertz CT molecular complexity index is 713. The van der Waals surface area contributed by atoms with E-state index in [1.165, 1.54) is 0 Å². The topological polar surface area (TPSA) is 217 Å². The average Bonchev–Trinajstić information content (AvgIpc) is 3.22. The van der Waals surface area contributed by atoms with Gasteiger partial charge >= 0.3 is 11.9 Å². The molecule has 174 valence electrons. The van der Waals surface area contributed by atoms with Gasteiger partial charge in [0, 0.05) is 12.2 Å². The first-order valence-electron chi connectivity index (χ1n) is 9.53. The van der Waals surface area contributed by atoms with E-state index in [-0.39, 0.29) is 18.6 Å². The third kappa shape index (κ3) is 9.21. The highest BCUT2D eigenvalue weighted by Crippen LogP contribution is 2.06. The predicted molar refractivity (Wildman–Crippen MR) is 109 cm³/mol. The van der Waals surface area contributed by atoms with Crippen molar-refractivity contribution in [1.82, 2.24) is 21.3 Å². The van der Waals surface area contributed by atoms with Gasteiger partial charge in [0.25, 0.3) is 0 Å². The number of carboxylic acids is 2. The van der Waals surface area contributed by atoms with Crippen LogP contribution in [0.25, 0.3) is 0 Å². The summed E-state index contributed by atoms with van der Waals surface area (Å²) in [5, 5.41) is 28.0. The Labute approximate surface area is 183 Å². The Morgan fingerprint density at radius 3 is 2.10 bits per heavy atom. The highest BCUT2D eigenvalue weighted by Gasteiger charge is 2.32. The molecule has 1 heterocycles. The highest BCUT2D eigenvalue weighted by atomic mass is 32.1. The van der Waals surface area contributed by atoms with Crippen molar-refractivity contribution >= 4 is 48.2 Å². The molecule has 4 amide bonds. The lowest BCUT2D eigenvalue weighted by atomic mass is 10.1. The molecule has 0 saturated carbocycles. The van der Waals surface area contributed by atoms with Crippen molar-refractivity contribution in [2.45, 2.75) is 56.3 Å². The van der Waals surface area contributed by atoms with Gasteiger partial charge in [0.05, 0.1) is 12.5 Å². The summed E-state index contributed by atoms with van der Waals surface area (Å²) in [7, 11) is 0. The number of thiol groups is 1. The molecule has 1 rings (SSSR count). The van der Waals surface area contributed by atoms with Gasteiger partial charge in [0.15, 0.2) is 0 Å². The molecule has 8 N–H and O–H groups in total. The van der Waals surface area contributed by atoms with E-state index >= 15 is 0 Å². The summed E-state index contributed by atoms with van der Waals surface area (Å²) in [4.78, 5) is 70.4. The lowest BCUT2D eigenvalue weighted by molar-refractivity contribution is -0.143. The molecule has 0 aromatic carbocycles. The molecule has 4 unspecified atom stereocenters. The summed E-state index contributed by atoms with van der Waals surface area (Å²) in [6.07, 6.45) is -0.0724. The van der Waals surface area contributed by atoms with Gasteiger partial charge in [-0.3, -0.25) is 24.0 Å². The molecule has 0 aliphatic carbocycles. The summed E-state index contributed by atoms with van der Waals surface area (Å²) in [6, 6.07) is -4.74. The molecular weight excluding hydrogens is 434 g/mol. The third-order valence-corrected chi connectivity index (χ3v) is 4.86. The van der Waals surface area contributed by atoms with Crippen LogP contribution in [-0.4, -0.2) is 82.2 Å². The number of nitrogens with two attached hydrogens (primary N) is 1. The van der Waals surface area contributed by atoms with Crippen LogP contribution < -0.4 is 27.0 Å². The Morgan fingerprint density at radius 1 is 1.00 bits per heavy atom. The molecule has 14 heteroatoms. The molecule has 1 aliphatic heterocycles. The maximum Gasteiger partial charge on any atom is 0.326 e. The zero-order valence-corrected chi connectivity index (χ0v) is 17.5. The Hall–Kier alpha value is -2.87. The smallest absolute Gasteiger partial charge is 0.326 e. The van der Waals surface area contributed by atoms with Crippen LogP contribution in [0.2, 0.25) is 0 Å². The predicted octanol–water partition coefficient (Wildman–Crippen LogP) is -3.05. The van der Waals surface area contributed by atoms with Crippen molar-refractivity contribution in [1.29, 1.82) is 0 Å². The quantitative estimate of drug-likeness (QED) is 0.130. The number of amides is 4. The fourth-order valence-corrected chi connectivity index (χ4v) is 3.10. The van der Waals surface area contributed by atoms with Crippen LogP contribution in [0.4, 0.5) is 0 Å². The van der Waals surface area contributed by atoms with E-state index in [2.05, 4.69) is 33.9 Å². The van der Waals surface area contributed by atoms with Gasteiger partial charge in [-0.05, 0) is 25.8 Å². The average molecular weight is 461 g/mol. The minimum Gasteiger partial charge on any atom is -0.481 e. The van der Waals surface area contributed by atoms with E-state index in [4.69, 9.17) is 10.8 Å². The largest absolute Gasteiger partial charge is 0.481 e. The van der Waals surface area contributed by atoms with Gasteiger partial charge in [0.1, 0.15) is 18.1 Å². The van der Waals surface area contributed by atoms with Crippen molar-refractivity contribution in [3.05, 3.63) is 0 Å². The minimum atomic E-state index is -1.62. The molecule has 1 fully saturated rings. The van der Waals surface area contributed by atoms with Gasteiger partial charge in [-0.25, -0.2) is 4.79 Å². The maximum atomic E-state index is 12.5. The van der Waals surface area contributed by atoms with Crippen molar-refractivity contribution in [2.75, 3.05) is 12.3 Å². The second-order valence-corrected chi connectivity index (χ2v) is 7.32. The van der Waals surface area contributed by atoms with E-state index in [9.17, 15) is 33.9 Å². The molecule has 0 bridgehead atoms. The third-order valence-electron chi connectivity index (χ3n) is 4.50. The number of aliphatic carboxylic acids is 2. The lowest BCUT2D eigenvalue weighted by Crippen LogP contribution is -2.58. The number of nitrogens with one attached hydrogen (secondary N) is 4. The van der Waals surface area contributed by atoms with Crippen molar-refractivity contribution in [2.24, 2.45) is 5.73 Å². The first-order valence-corrected chi connectivity index (χ1v) is 10.2. The summed E-state index contributed by atoms with van der Waals surface area (Å²) >= 11 is 4.01. The summed E-state index contributed by atoms with van der Waals surface area (Å²) in [5.41, 5.74) is 4.97. The molecular formula is C17H27N5O8S. The Balaban J connectivity index is 2.81. The fourth-order valence-electron chi connectivity index (χ4n) is 2.85. The first kappa shape index (κ1) is 26.2. The normalized spacial score (nSPS) is 18.3. The number of rotatable bonds is 13. The number of carbonyl (C=O) groups excluding carboxylic acids is 4. The van der Waals surface area contributed by atoms with Crippen LogP contribution in [0.3, 0.4) is 0 Å². The number of hydrogen-bond acceptors (Lipinski definition) is 8. The molecule has 31 heavy (non-hydrogen) atoms. The summed E-state index contributed by atoms with van der Waals surface area (Å²) in [5.74, 6) is -6.14. The van der Waals surface area contributed by atoms with Gasteiger partial charge < -0.3 is 37.2 Å². The number of hydrogen-bond donors (Lipinski definition) is 8. The van der Waals surface area contributed by atoms with Crippen molar-refractivity contribution in [3.8, 4) is 0 Å². The fraction of sp³-hybridized carbons (Fsp3) is 0.647. The van der Waals surface area contributed by atoms with Crippen LogP contribution in [0.15, 0.2) is 0 Å². The van der Waals surface area contributed by atoms with Gasteiger partial charge in [-0.2, -0.15) is 12.6 Å². The SMILES string of the molecule is NC(=O)CCC(NC(=O)C(CC(=O)O)NC(=O)C(CS)NC(=O)C1CCCN1)C(=O)O. The van der Waals surface area contributed by atoms with Crippen LogP contribution in [-0.2, 0) is 28.8 Å². The van der Waals surface area contributed by atoms with Crippen LogP contribution in [0.5, 0.6) is 0 Å². The molecule has 0 aromatic rings. The van der Waals surface area contributed by atoms with Crippen LogP contribution in [0.1, 0.15) is 32.1 Å². The molecule has 0 radical (unpaired) electrons. The van der Waals surface area contributed by atoms with Gasteiger partial charge in [-0.15, -0.1) is 0 Å². The molecule has 1 saturated heterocycles. The van der Waals surface area contributed by atoms with E-state index in [1.807, 2.05) is 0 Å². The number of carboxylic acid groups (broad SMARTS) is 2. The van der Waals surface area contributed by atoms with Crippen molar-refractivity contribution < 1.29 is 39.0 Å². The van der Waals surface area contributed by atoms with E-state index in [0.29, 0.717) is 13.0 Å².